The van der Waals surface area contributed by atoms with Gasteiger partial charge in [-0.1, -0.05) is 38.8 Å². The second-order valence-corrected chi connectivity index (χ2v) is 4.23. The number of hydrogen-bond acceptors (Lipinski definition) is 2. The minimum Gasteiger partial charge on any atom is -0.310 e. The van der Waals surface area contributed by atoms with E-state index in [9.17, 15) is 0 Å². The summed E-state index contributed by atoms with van der Waals surface area (Å²) in [4.78, 5) is 4.01. The van der Waals surface area contributed by atoms with E-state index in [-0.39, 0.29) is 0 Å². The molecule has 1 heterocycles. The lowest BCUT2D eigenvalue weighted by atomic mass is 9.93. The Morgan fingerprint density at radius 2 is 2.20 bits per heavy atom. The number of aromatic nitrogens is 1. The van der Waals surface area contributed by atoms with Gasteiger partial charge in [-0.25, -0.2) is 0 Å². The first kappa shape index (κ1) is 12.5. The van der Waals surface area contributed by atoms with Crippen LogP contribution in [0.4, 0.5) is 0 Å². The summed E-state index contributed by atoms with van der Waals surface area (Å²) in [5, 5.41) is 4.23. The van der Waals surface area contributed by atoms with E-state index in [1.165, 1.54) is 0 Å². The Morgan fingerprint density at radius 3 is 2.73 bits per heavy atom. The molecule has 1 N–H and O–H groups in total. The van der Waals surface area contributed by atoms with Crippen molar-refractivity contribution in [3.05, 3.63) is 29.0 Å². The summed E-state index contributed by atoms with van der Waals surface area (Å²) in [6.07, 6.45) is 4.65. The minimum atomic E-state index is 0.329. The molecule has 2 nitrogen and oxygen atoms in total. The van der Waals surface area contributed by atoms with E-state index in [1.807, 2.05) is 6.07 Å². The van der Waals surface area contributed by atoms with Crippen molar-refractivity contribution in [2.75, 3.05) is 6.54 Å². The molecular formula is C12H19ClN2. The van der Waals surface area contributed by atoms with Gasteiger partial charge in [0.1, 0.15) is 0 Å². The lowest BCUT2D eigenvalue weighted by Gasteiger charge is -2.24. The fourth-order valence-corrected chi connectivity index (χ4v) is 1.95. The van der Waals surface area contributed by atoms with Gasteiger partial charge in [0, 0.05) is 18.4 Å². The molecule has 0 spiro atoms. The van der Waals surface area contributed by atoms with Crippen molar-refractivity contribution in [2.24, 2.45) is 5.92 Å². The predicted octanol–water partition coefficient (Wildman–Crippen LogP) is 3.43. The zero-order valence-electron chi connectivity index (χ0n) is 9.63. The topological polar surface area (TPSA) is 24.9 Å². The smallest absolute Gasteiger partial charge is 0.0637 e. The molecule has 2 atom stereocenters. The van der Waals surface area contributed by atoms with E-state index in [2.05, 4.69) is 31.1 Å². The molecule has 1 rings (SSSR count). The van der Waals surface area contributed by atoms with Crippen LogP contribution in [-0.2, 0) is 0 Å². The molecule has 1 aromatic rings. The molecule has 0 aliphatic heterocycles. The molecular weight excluding hydrogens is 208 g/mol. The first-order chi connectivity index (χ1) is 7.20. The van der Waals surface area contributed by atoms with Crippen LogP contribution in [-0.4, -0.2) is 11.5 Å². The monoisotopic (exact) mass is 226 g/mol. The SMILES string of the molecule is CCNC(c1ccncc1Cl)C(C)CC. The molecule has 84 valence electrons. The highest BCUT2D eigenvalue weighted by molar-refractivity contribution is 6.31. The molecule has 0 aliphatic carbocycles. The molecule has 0 bridgehead atoms. The fourth-order valence-electron chi connectivity index (χ4n) is 1.71. The van der Waals surface area contributed by atoms with E-state index >= 15 is 0 Å². The highest BCUT2D eigenvalue weighted by atomic mass is 35.5. The molecule has 0 aromatic carbocycles. The summed E-state index contributed by atoms with van der Waals surface area (Å²) in [6.45, 7) is 7.51. The van der Waals surface area contributed by atoms with Crippen molar-refractivity contribution in [1.82, 2.24) is 10.3 Å². The van der Waals surface area contributed by atoms with Gasteiger partial charge in [-0.05, 0) is 24.1 Å². The van der Waals surface area contributed by atoms with E-state index in [1.54, 1.807) is 12.4 Å². The summed E-state index contributed by atoms with van der Waals surface area (Å²) < 4.78 is 0. The molecule has 0 fully saturated rings. The Bertz CT molecular complexity index is 301. The second-order valence-electron chi connectivity index (χ2n) is 3.82. The van der Waals surface area contributed by atoms with Gasteiger partial charge in [0.2, 0.25) is 0 Å². The van der Waals surface area contributed by atoms with E-state index in [0.29, 0.717) is 12.0 Å². The minimum absolute atomic E-state index is 0.329. The van der Waals surface area contributed by atoms with Gasteiger partial charge in [-0.2, -0.15) is 0 Å². The Balaban J connectivity index is 2.93. The highest BCUT2D eigenvalue weighted by Gasteiger charge is 2.18. The van der Waals surface area contributed by atoms with Crippen molar-refractivity contribution < 1.29 is 0 Å². The average Bonchev–Trinajstić information content (AvgIpc) is 2.26. The van der Waals surface area contributed by atoms with Crippen LogP contribution in [0.3, 0.4) is 0 Å². The van der Waals surface area contributed by atoms with Crippen molar-refractivity contribution >= 4 is 11.6 Å². The van der Waals surface area contributed by atoms with Crippen LogP contribution >= 0.6 is 11.6 Å². The molecule has 2 unspecified atom stereocenters. The number of nitrogens with zero attached hydrogens (tertiary/aromatic N) is 1. The normalized spacial score (nSPS) is 14.9. The van der Waals surface area contributed by atoms with Gasteiger partial charge in [-0.15, -0.1) is 0 Å². The van der Waals surface area contributed by atoms with Crippen LogP contribution < -0.4 is 5.32 Å². The first-order valence-corrected chi connectivity index (χ1v) is 5.91. The Hall–Kier alpha value is -0.600. The third-order valence-corrected chi connectivity index (χ3v) is 3.09. The van der Waals surface area contributed by atoms with E-state index in [0.717, 1.165) is 23.6 Å². The van der Waals surface area contributed by atoms with E-state index in [4.69, 9.17) is 11.6 Å². The second kappa shape index (κ2) is 6.09. The number of pyridine rings is 1. The summed E-state index contributed by atoms with van der Waals surface area (Å²) in [5.41, 5.74) is 1.16. The average molecular weight is 227 g/mol. The standard InChI is InChI=1S/C12H19ClN2/c1-4-9(3)12(15-5-2)10-6-7-14-8-11(10)13/h6-9,12,15H,4-5H2,1-3H3. The lowest BCUT2D eigenvalue weighted by Crippen LogP contribution is -2.26. The Labute approximate surface area is 97.1 Å². The third kappa shape index (κ3) is 3.18. The van der Waals surface area contributed by atoms with Gasteiger partial charge in [0.15, 0.2) is 0 Å². The van der Waals surface area contributed by atoms with Crippen LogP contribution in [0.5, 0.6) is 0 Å². The molecule has 0 radical (unpaired) electrons. The van der Waals surface area contributed by atoms with Gasteiger partial charge in [0.05, 0.1) is 5.02 Å². The molecule has 0 amide bonds. The van der Waals surface area contributed by atoms with Crippen LogP contribution in [0.2, 0.25) is 5.02 Å². The fraction of sp³-hybridized carbons (Fsp3) is 0.583. The van der Waals surface area contributed by atoms with Crippen molar-refractivity contribution in [3.8, 4) is 0 Å². The largest absolute Gasteiger partial charge is 0.310 e. The number of halogens is 1. The number of nitrogens with one attached hydrogen (secondary N) is 1. The van der Waals surface area contributed by atoms with Crippen LogP contribution in [0.15, 0.2) is 18.5 Å². The quantitative estimate of drug-likeness (QED) is 0.832. The lowest BCUT2D eigenvalue weighted by molar-refractivity contribution is 0.384. The van der Waals surface area contributed by atoms with Gasteiger partial charge in [0.25, 0.3) is 0 Å². The molecule has 1 aromatic heterocycles. The summed E-state index contributed by atoms with van der Waals surface area (Å²) in [7, 11) is 0. The highest BCUT2D eigenvalue weighted by Crippen LogP contribution is 2.28. The van der Waals surface area contributed by atoms with Crippen molar-refractivity contribution in [2.45, 2.75) is 33.2 Å². The van der Waals surface area contributed by atoms with Crippen molar-refractivity contribution in [1.29, 1.82) is 0 Å². The maximum Gasteiger partial charge on any atom is 0.0637 e. The van der Waals surface area contributed by atoms with Gasteiger partial charge < -0.3 is 5.32 Å². The van der Waals surface area contributed by atoms with Crippen LogP contribution in [0.1, 0.15) is 38.8 Å². The molecule has 3 heteroatoms. The van der Waals surface area contributed by atoms with Crippen LogP contribution in [0, 0.1) is 5.92 Å². The first-order valence-electron chi connectivity index (χ1n) is 5.53. The molecule has 0 saturated carbocycles. The predicted molar refractivity (Wildman–Crippen MR) is 65.1 cm³/mol. The molecule has 0 aliphatic rings. The molecule has 0 saturated heterocycles. The van der Waals surface area contributed by atoms with Gasteiger partial charge in [-0.3, -0.25) is 4.98 Å². The summed E-state index contributed by atoms with van der Waals surface area (Å²) in [5.74, 6) is 0.574. The number of rotatable bonds is 5. The summed E-state index contributed by atoms with van der Waals surface area (Å²) in [6, 6.07) is 2.33. The zero-order chi connectivity index (χ0) is 11.3. The van der Waals surface area contributed by atoms with Crippen LogP contribution in [0.25, 0.3) is 0 Å². The zero-order valence-corrected chi connectivity index (χ0v) is 10.4. The third-order valence-electron chi connectivity index (χ3n) is 2.78. The Kier molecular flexibility index (Phi) is 5.06. The Morgan fingerprint density at radius 1 is 1.47 bits per heavy atom. The maximum atomic E-state index is 6.15. The van der Waals surface area contributed by atoms with E-state index < -0.39 is 0 Å². The molecule has 15 heavy (non-hydrogen) atoms. The number of hydrogen-bond donors (Lipinski definition) is 1. The van der Waals surface area contributed by atoms with Crippen molar-refractivity contribution in [3.63, 3.8) is 0 Å². The maximum absolute atomic E-state index is 6.15. The summed E-state index contributed by atoms with van der Waals surface area (Å²) >= 11 is 6.15. The van der Waals surface area contributed by atoms with Gasteiger partial charge >= 0.3 is 0 Å².